The summed E-state index contributed by atoms with van der Waals surface area (Å²) in [5.74, 6) is -1.60. The molecule has 0 aromatic rings. The first kappa shape index (κ1) is 34.0. The number of fused-ring (bicyclic) bond motifs is 1. The van der Waals surface area contributed by atoms with Crippen LogP contribution in [-0.4, -0.2) is 70.5 Å². The molecule has 0 spiro atoms. The van der Waals surface area contributed by atoms with Gasteiger partial charge in [-0.25, -0.2) is 4.79 Å². The summed E-state index contributed by atoms with van der Waals surface area (Å²) >= 11 is 0. The number of aliphatic hydroxyl groups excluding tert-OH is 2. The van der Waals surface area contributed by atoms with Crippen molar-refractivity contribution in [2.75, 3.05) is 13.2 Å². The van der Waals surface area contributed by atoms with Gasteiger partial charge in [0.1, 0.15) is 12.1 Å². The fourth-order valence-electron chi connectivity index (χ4n) is 4.59. The van der Waals surface area contributed by atoms with Crippen LogP contribution in [0.15, 0.2) is 46.2 Å². The number of Topliss-reactive ketones (excluding diaryl/α,β-unsaturated/α-hetero) is 1. The summed E-state index contributed by atoms with van der Waals surface area (Å²) in [5.41, 5.74) is 1.98. The Labute approximate surface area is 255 Å². The maximum atomic E-state index is 12.6. The van der Waals surface area contributed by atoms with Gasteiger partial charge in [0.05, 0.1) is 24.6 Å². The number of esters is 1. The summed E-state index contributed by atoms with van der Waals surface area (Å²) in [4.78, 5) is 49.0. The first-order chi connectivity index (χ1) is 20.1. The van der Waals surface area contributed by atoms with E-state index >= 15 is 0 Å². The Balaban J connectivity index is 1.25. The highest BCUT2D eigenvalue weighted by Crippen LogP contribution is 2.43. The number of aliphatic hydroxyl groups is 2. The zero-order valence-electron chi connectivity index (χ0n) is 24.4. The number of amides is 2. The second-order valence-electron chi connectivity index (χ2n) is 10.9. The highest BCUT2D eigenvalue weighted by molar-refractivity contribution is 8.78. The largest absolute Gasteiger partial charge is 0.504 e. The fourth-order valence-corrected chi connectivity index (χ4v) is 7.17. The second-order valence-corrected chi connectivity index (χ2v) is 13.2. The Bertz CT molecular complexity index is 1130. The average molecular weight is 623 g/mol. The van der Waals surface area contributed by atoms with Crippen molar-refractivity contribution < 1.29 is 38.9 Å². The molecule has 2 amide bonds. The summed E-state index contributed by atoms with van der Waals surface area (Å²) in [6, 6.07) is -0.507. The first-order valence-electron chi connectivity index (χ1n) is 14.4. The highest BCUT2D eigenvalue weighted by Gasteiger charge is 2.42. The third-order valence-corrected chi connectivity index (χ3v) is 9.80. The predicted molar refractivity (Wildman–Crippen MR) is 163 cm³/mol. The molecule has 42 heavy (non-hydrogen) atoms. The van der Waals surface area contributed by atoms with Crippen molar-refractivity contribution in [3.8, 4) is 0 Å². The molecule has 1 saturated heterocycles. The van der Waals surface area contributed by atoms with Gasteiger partial charge in [0.25, 0.3) is 0 Å². The molecule has 3 heterocycles. The van der Waals surface area contributed by atoms with Crippen molar-refractivity contribution in [2.45, 2.75) is 95.6 Å². The van der Waals surface area contributed by atoms with Gasteiger partial charge < -0.3 is 30.3 Å². The van der Waals surface area contributed by atoms with Crippen LogP contribution in [-0.2, 0) is 28.7 Å². The smallest absolute Gasteiger partial charge is 0.330 e. The van der Waals surface area contributed by atoms with Crippen LogP contribution in [0, 0.1) is 5.92 Å². The van der Waals surface area contributed by atoms with Crippen molar-refractivity contribution in [1.29, 1.82) is 0 Å². The van der Waals surface area contributed by atoms with Crippen LogP contribution >= 0.6 is 21.6 Å². The zero-order chi connectivity index (χ0) is 30.6. The van der Waals surface area contributed by atoms with Gasteiger partial charge in [0.15, 0.2) is 5.76 Å². The molecule has 3 rings (SSSR count). The monoisotopic (exact) mass is 622 g/mol. The number of allylic oxidation sites excluding steroid dienone is 1. The van der Waals surface area contributed by atoms with Crippen LogP contribution in [0.2, 0.25) is 0 Å². The van der Waals surface area contributed by atoms with Gasteiger partial charge in [-0.15, -0.1) is 0 Å². The molecule has 0 aromatic carbocycles. The van der Waals surface area contributed by atoms with Gasteiger partial charge >= 0.3 is 5.97 Å². The zero-order valence-corrected chi connectivity index (χ0v) is 26.1. The normalized spacial score (nSPS) is 24.0. The average Bonchev–Trinajstić information content (AvgIpc) is 3.50. The lowest BCUT2D eigenvalue weighted by Gasteiger charge is -2.23. The SMILES string of the molecule is C/C(=C\C(=O)OCCCCCCCC(=O)NC1C(=O)NC2=CSSC21)C[C@@H]1OCC(C/C=C/[C@@H](C)[C@H](C)O)=C(O)C1=O. The lowest BCUT2D eigenvalue weighted by atomic mass is 9.97. The fraction of sp³-hybridized carbons (Fsp3) is 0.600. The lowest BCUT2D eigenvalue weighted by molar-refractivity contribution is -0.138. The molecular weight excluding hydrogens is 580 g/mol. The summed E-state index contributed by atoms with van der Waals surface area (Å²) in [7, 11) is 3.14. The maximum absolute atomic E-state index is 12.6. The Kier molecular flexibility index (Phi) is 13.7. The number of hydrogen-bond donors (Lipinski definition) is 4. The van der Waals surface area contributed by atoms with Gasteiger partial charge in [0.2, 0.25) is 17.6 Å². The van der Waals surface area contributed by atoms with E-state index in [1.807, 2.05) is 18.4 Å². The molecule has 0 radical (unpaired) electrons. The Morgan fingerprint density at radius 2 is 1.95 bits per heavy atom. The summed E-state index contributed by atoms with van der Waals surface area (Å²) < 4.78 is 10.9. The Hall–Kier alpha value is -2.54. The number of ketones is 1. The van der Waals surface area contributed by atoms with Crippen LogP contribution in [0.3, 0.4) is 0 Å². The van der Waals surface area contributed by atoms with Crippen molar-refractivity contribution in [3.63, 3.8) is 0 Å². The molecule has 0 aliphatic carbocycles. The molecule has 1 fully saturated rings. The molecule has 3 aliphatic rings. The van der Waals surface area contributed by atoms with Gasteiger partial charge in [-0.05, 0) is 39.0 Å². The van der Waals surface area contributed by atoms with Gasteiger partial charge in [0, 0.05) is 35.6 Å². The number of unbranched alkanes of at least 4 members (excludes halogenated alkanes) is 4. The molecule has 0 bridgehead atoms. The number of ether oxygens (including phenoxy) is 2. The minimum absolute atomic E-state index is 0.0283. The molecule has 0 saturated carbocycles. The lowest BCUT2D eigenvalue weighted by Crippen LogP contribution is -2.44. The summed E-state index contributed by atoms with van der Waals surface area (Å²) in [6.45, 7) is 5.68. The molecular formula is C30H42N2O8S2. The molecule has 2 unspecified atom stereocenters. The quantitative estimate of drug-likeness (QED) is 0.0649. The number of carbonyl (C=O) groups is 4. The molecule has 232 valence electrons. The minimum Gasteiger partial charge on any atom is -0.504 e. The van der Waals surface area contributed by atoms with Crippen LogP contribution in [0.1, 0.15) is 72.1 Å². The third kappa shape index (κ3) is 10.3. The predicted octanol–water partition coefficient (Wildman–Crippen LogP) is 4.17. The number of hydrogen-bond acceptors (Lipinski definition) is 10. The van der Waals surface area contributed by atoms with E-state index in [0.717, 1.165) is 31.4 Å². The molecule has 12 heteroatoms. The van der Waals surface area contributed by atoms with E-state index in [-0.39, 0.29) is 48.4 Å². The summed E-state index contributed by atoms with van der Waals surface area (Å²) in [5, 5.41) is 27.4. The third-order valence-electron chi connectivity index (χ3n) is 7.36. The standard InChI is InChI=1S/C30H42N2O8S2/c1-18(14-23-28(37)27(36)21(16-40-23)11-9-10-19(2)20(3)33)15-25(35)39-13-8-6-4-5-7-12-24(34)32-26-29-22(17-41-42-29)31-30(26)38/h9-10,15,17,19-20,23,26,29,33,36H,4-8,11-14,16H2,1-3H3,(H,31,38)(H,32,34)/b10-9+,18-15+/t19-,20+,23+,26?,29?/m1/s1. The molecule has 4 N–H and O–H groups in total. The van der Waals surface area contributed by atoms with Crippen LogP contribution in [0.4, 0.5) is 0 Å². The number of rotatable bonds is 16. The van der Waals surface area contributed by atoms with E-state index in [1.165, 1.54) is 6.08 Å². The van der Waals surface area contributed by atoms with Crippen LogP contribution in [0.25, 0.3) is 0 Å². The minimum atomic E-state index is -0.856. The van der Waals surface area contributed by atoms with E-state index < -0.39 is 30.0 Å². The van der Waals surface area contributed by atoms with Gasteiger partial charge in [-0.3, -0.25) is 14.4 Å². The Morgan fingerprint density at radius 3 is 2.71 bits per heavy atom. The van der Waals surface area contributed by atoms with E-state index in [1.54, 1.807) is 41.5 Å². The highest BCUT2D eigenvalue weighted by atomic mass is 33.1. The number of carbonyl (C=O) groups excluding carboxylic acids is 4. The molecule has 10 nitrogen and oxygen atoms in total. The van der Waals surface area contributed by atoms with Crippen molar-refractivity contribution in [3.05, 3.63) is 46.2 Å². The molecule has 0 aromatic heterocycles. The topological polar surface area (TPSA) is 151 Å². The van der Waals surface area contributed by atoms with Crippen molar-refractivity contribution in [1.82, 2.24) is 10.6 Å². The maximum Gasteiger partial charge on any atom is 0.330 e. The molecule has 3 aliphatic heterocycles. The van der Waals surface area contributed by atoms with E-state index in [0.29, 0.717) is 30.4 Å². The van der Waals surface area contributed by atoms with Crippen LogP contribution < -0.4 is 10.6 Å². The van der Waals surface area contributed by atoms with E-state index in [2.05, 4.69) is 10.6 Å². The van der Waals surface area contributed by atoms with E-state index in [4.69, 9.17) is 9.47 Å². The molecule has 5 atom stereocenters. The van der Waals surface area contributed by atoms with Gasteiger partial charge in [-0.2, -0.15) is 0 Å². The second kappa shape index (κ2) is 16.9. The summed E-state index contributed by atoms with van der Waals surface area (Å²) in [6.07, 6.45) is 8.61. The van der Waals surface area contributed by atoms with Crippen molar-refractivity contribution in [2.24, 2.45) is 5.92 Å². The van der Waals surface area contributed by atoms with E-state index in [9.17, 15) is 29.4 Å². The van der Waals surface area contributed by atoms with Crippen molar-refractivity contribution >= 4 is 45.2 Å². The Morgan fingerprint density at radius 1 is 1.21 bits per heavy atom. The number of nitrogens with one attached hydrogen (secondary N) is 2. The van der Waals surface area contributed by atoms with Crippen LogP contribution in [0.5, 0.6) is 0 Å². The first-order valence-corrected chi connectivity index (χ1v) is 16.7. The van der Waals surface area contributed by atoms with Gasteiger partial charge in [-0.1, -0.05) is 65.5 Å².